The lowest BCUT2D eigenvalue weighted by Gasteiger charge is -2.41. The molecule has 3 aromatic carbocycles. The Morgan fingerprint density at radius 3 is 2.16 bits per heavy atom. The quantitative estimate of drug-likeness (QED) is 0.321. The summed E-state index contributed by atoms with van der Waals surface area (Å²) in [6, 6.07) is 25.6. The van der Waals surface area contributed by atoms with Crippen molar-refractivity contribution in [3.8, 4) is 0 Å². The number of hydrogen-bond donors (Lipinski definition) is 0. The van der Waals surface area contributed by atoms with Crippen LogP contribution in [0.3, 0.4) is 0 Å². The second-order valence-corrected chi connectivity index (χ2v) is 11.8. The summed E-state index contributed by atoms with van der Waals surface area (Å²) in [5.74, 6) is 0.553. The van der Waals surface area contributed by atoms with E-state index in [2.05, 4.69) is 17.0 Å². The van der Waals surface area contributed by atoms with Crippen molar-refractivity contribution in [3.63, 3.8) is 0 Å². The Balaban J connectivity index is 1.33. The lowest BCUT2D eigenvalue weighted by molar-refractivity contribution is -0.133. The fraction of sp³-hybridized carbons (Fsp3) is 0.375. The van der Waals surface area contributed by atoms with E-state index in [1.54, 1.807) is 6.92 Å². The first kappa shape index (κ1) is 26.9. The third-order valence-electron chi connectivity index (χ3n) is 8.75. The molecule has 1 heterocycles. The highest BCUT2D eigenvalue weighted by Crippen LogP contribution is 2.56. The van der Waals surface area contributed by atoms with Gasteiger partial charge in [-0.2, -0.15) is 0 Å². The summed E-state index contributed by atoms with van der Waals surface area (Å²) in [5.41, 5.74) is 2.08. The van der Waals surface area contributed by atoms with E-state index in [0.29, 0.717) is 16.6 Å². The Hall–Kier alpha value is -2.66. The maximum atomic E-state index is 14.0. The van der Waals surface area contributed by atoms with Gasteiger partial charge in [0, 0.05) is 30.2 Å². The molecule has 0 spiro atoms. The van der Waals surface area contributed by atoms with Gasteiger partial charge in [-0.15, -0.1) is 0 Å². The van der Waals surface area contributed by atoms with Gasteiger partial charge in [0.15, 0.2) is 0 Å². The molecule has 5 rings (SSSR count). The molecule has 1 aliphatic carbocycles. The van der Waals surface area contributed by atoms with E-state index >= 15 is 0 Å². The summed E-state index contributed by atoms with van der Waals surface area (Å²) in [4.78, 5) is 31.1. The molecule has 0 N–H and O–H groups in total. The van der Waals surface area contributed by atoms with Gasteiger partial charge in [-0.05, 0) is 80.1 Å². The lowest BCUT2D eigenvalue weighted by atomic mass is 9.70. The largest absolute Gasteiger partial charge is 0.341 e. The second-order valence-electron chi connectivity index (χ2n) is 10.9. The van der Waals surface area contributed by atoms with Gasteiger partial charge >= 0.3 is 0 Å². The number of carbonyl (C=O) groups excluding carboxylic acids is 2. The molecule has 1 amide bonds. The third kappa shape index (κ3) is 5.02. The molecule has 4 nitrogen and oxygen atoms in total. The zero-order valence-corrected chi connectivity index (χ0v) is 23.5. The number of likely N-dealkylation sites (tertiary alicyclic amines) is 1. The maximum Gasteiger partial charge on any atom is 0.233 e. The molecule has 3 aromatic rings. The van der Waals surface area contributed by atoms with E-state index in [9.17, 15) is 9.59 Å². The number of rotatable bonds is 8. The molecule has 2 atom stereocenters. The molecular weight excluding hydrogens is 515 g/mol. The standard InChI is InChI=1S/C32H34Cl2N2O2/c1-23(37)31(25-9-4-3-5-10-25)16-18-36(19-17-31)22-27-20-32(27,26-12-14-28(33)15-13-26)30(38)35(2)21-24-8-6-7-11-29(24)34/h3-15,27H,16-22H2,1-2H3. The number of likely N-dealkylation sites (N-methyl/N-ethyl adjacent to an activating group) is 1. The van der Waals surface area contributed by atoms with E-state index in [1.807, 2.05) is 78.7 Å². The predicted molar refractivity (Wildman–Crippen MR) is 154 cm³/mol. The minimum Gasteiger partial charge on any atom is -0.341 e. The van der Waals surface area contributed by atoms with E-state index in [-0.39, 0.29) is 17.6 Å². The molecular formula is C32H34Cl2N2O2. The average Bonchev–Trinajstić information content (AvgIpc) is 3.65. The first-order valence-electron chi connectivity index (χ1n) is 13.3. The third-order valence-corrected chi connectivity index (χ3v) is 9.37. The molecule has 1 saturated heterocycles. The molecule has 2 aliphatic rings. The SMILES string of the molecule is CC(=O)C1(c2ccccc2)CCN(CC2CC2(C(=O)N(C)Cc2ccccc2Cl)c2ccc(Cl)cc2)CC1. The van der Waals surface area contributed by atoms with Crippen LogP contribution in [0.15, 0.2) is 78.9 Å². The molecule has 0 bridgehead atoms. The van der Waals surface area contributed by atoms with Crippen molar-refractivity contribution in [2.24, 2.45) is 5.92 Å². The molecule has 38 heavy (non-hydrogen) atoms. The lowest BCUT2D eigenvalue weighted by Crippen LogP contribution is -2.47. The molecule has 2 unspecified atom stereocenters. The number of hydrogen-bond acceptors (Lipinski definition) is 3. The molecule has 6 heteroatoms. The molecule has 1 saturated carbocycles. The highest BCUT2D eigenvalue weighted by Gasteiger charge is 2.62. The molecule has 198 valence electrons. The summed E-state index contributed by atoms with van der Waals surface area (Å²) in [6.45, 7) is 4.69. The van der Waals surface area contributed by atoms with Gasteiger partial charge in [-0.25, -0.2) is 0 Å². The van der Waals surface area contributed by atoms with Gasteiger partial charge in [0.1, 0.15) is 5.78 Å². The van der Waals surface area contributed by atoms with Crippen molar-refractivity contribution >= 4 is 34.9 Å². The Bertz CT molecular complexity index is 1300. The van der Waals surface area contributed by atoms with Crippen LogP contribution in [0.2, 0.25) is 10.0 Å². The smallest absolute Gasteiger partial charge is 0.233 e. The van der Waals surface area contributed by atoms with Crippen LogP contribution in [0, 0.1) is 5.92 Å². The first-order valence-corrected chi connectivity index (χ1v) is 14.1. The predicted octanol–water partition coefficient (Wildman–Crippen LogP) is 6.53. The Kier molecular flexibility index (Phi) is 7.68. The van der Waals surface area contributed by atoms with Gasteiger partial charge in [-0.3, -0.25) is 9.59 Å². The molecule has 2 fully saturated rings. The van der Waals surface area contributed by atoms with Gasteiger partial charge in [0.05, 0.1) is 10.8 Å². The van der Waals surface area contributed by atoms with Crippen molar-refractivity contribution in [1.29, 1.82) is 0 Å². The van der Waals surface area contributed by atoms with Crippen LogP contribution in [0.1, 0.15) is 42.9 Å². The van der Waals surface area contributed by atoms with Crippen LogP contribution in [-0.4, -0.2) is 48.2 Å². The molecule has 1 aliphatic heterocycles. The minimum atomic E-state index is -0.574. The summed E-state index contributed by atoms with van der Waals surface area (Å²) in [7, 11) is 1.86. The van der Waals surface area contributed by atoms with E-state index < -0.39 is 10.8 Å². The summed E-state index contributed by atoms with van der Waals surface area (Å²) >= 11 is 12.6. The van der Waals surface area contributed by atoms with Crippen LogP contribution in [0.4, 0.5) is 0 Å². The Morgan fingerprint density at radius 1 is 0.895 bits per heavy atom. The zero-order chi connectivity index (χ0) is 26.9. The summed E-state index contributed by atoms with van der Waals surface area (Å²) < 4.78 is 0. The van der Waals surface area contributed by atoms with Gasteiger partial charge < -0.3 is 9.80 Å². The monoisotopic (exact) mass is 548 g/mol. The number of halogens is 2. The molecule has 0 aromatic heterocycles. The van der Waals surface area contributed by atoms with Crippen LogP contribution in [0.5, 0.6) is 0 Å². The number of Topliss-reactive ketones (excluding diaryl/α,β-unsaturated/α-hetero) is 1. The average molecular weight is 550 g/mol. The summed E-state index contributed by atoms with van der Waals surface area (Å²) in [6.07, 6.45) is 2.40. The van der Waals surface area contributed by atoms with E-state index in [0.717, 1.165) is 55.6 Å². The highest BCUT2D eigenvalue weighted by atomic mass is 35.5. The number of amides is 1. The second kappa shape index (κ2) is 10.8. The van der Waals surface area contributed by atoms with Gasteiger partial charge in [0.2, 0.25) is 5.91 Å². The van der Waals surface area contributed by atoms with Crippen molar-refractivity contribution in [1.82, 2.24) is 9.80 Å². The number of benzene rings is 3. The Morgan fingerprint density at radius 2 is 1.53 bits per heavy atom. The number of nitrogens with zero attached hydrogens (tertiary/aromatic N) is 2. The number of piperidine rings is 1. The van der Waals surface area contributed by atoms with Gasteiger partial charge in [-0.1, -0.05) is 83.9 Å². The van der Waals surface area contributed by atoms with Gasteiger partial charge in [0.25, 0.3) is 0 Å². The fourth-order valence-electron chi connectivity index (χ4n) is 6.36. The highest BCUT2D eigenvalue weighted by molar-refractivity contribution is 6.31. The number of carbonyl (C=O) groups is 2. The number of ketones is 1. The zero-order valence-electron chi connectivity index (χ0n) is 22.0. The normalized spacial score (nSPS) is 22.6. The van der Waals surface area contributed by atoms with Crippen molar-refractivity contribution in [3.05, 3.63) is 106 Å². The maximum absolute atomic E-state index is 14.0. The van der Waals surface area contributed by atoms with E-state index in [1.165, 1.54) is 0 Å². The van der Waals surface area contributed by atoms with Crippen LogP contribution < -0.4 is 0 Å². The van der Waals surface area contributed by atoms with Crippen molar-refractivity contribution in [2.75, 3.05) is 26.7 Å². The van der Waals surface area contributed by atoms with Crippen molar-refractivity contribution < 1.29 is 9.59 Å². The van der Waals surface area contributed by atoms with E-state index in [4.69, 9.17) is 23.2 Å². The van der Waals surface area contributed by atoms with Crippen LogP contribution in [0.25, 0.3) is 0 Å². The van der Waals surface area contributed by atoms with Crippen LogP contribution in [-0.2, 0) is 27.0 Å². The summed E-state index contributed by atoms with van der Waals surface area (Å²) in [5, 5.41) is 1.33. The fourth-order valence-corrected chi connectivity index (χ4v) is 6.68. The van der Waals surface area contributed by atoms with Crippen molar-refractivity contribution in [2.45, 2.75) is 43.6 Å². The molecule has 0 radical (unpaired) electrons. The topological polar surface area (TPSA) is 40.6 Å². The van der Waals surface area contributed by atoms with Crippen LogP contribution >= 0.6 is 23.2 Å². The Labute approximate surface area is 235 Å². The minimum absolute atomic E-state index is 0.115. The first-order chi connectivity index (χ1) is 18.3.